The van der Waals surface area contributed by atoms with Crippen molar-refractivity contribution in [2.24, 2.45) is 16.6 Å². The van der Waals surface area contributed by atoms with Crippen LogP contribution in [-0.2, 0) is 4.74 Å². The van der Waals surface area contributed by atoms with Crippen LogP contribution in [0.5, 0.6) is 0 Å². The SMILES string of the molecule is CCOCCCNC(N)=NCC1CC1c1ccccc1.I. The first kappa shape index (κ1) is 18.2. The Morgan fingerprint density at radius 3 is 2.86 bits per heavy atom. The molecule has 1 aliphatic rings. The van der Waals surface area contributed by atoms with E-state index >= 15 is 0 Å². The Balaban J connectivity index is 0.00000220. The molecule has 0 amide bonds. The molecule has 21 heavy (non-hydrogen) atoms. The third-order valence-electron chi connectivity index (χ3n) is 3.62. The lowest BCUT2D eigenvalue weighted by molar-refractivity contribution is 0.145. The summed E-state index contributed by atoms with van der Waals surface area (Å²) in [5.74, 6) is 1.88. The molecule has 1 aromatic rings. The molecular formula is C16H26IN3O. The summed E-state index contributed by atoms with van der Waals surface area (Å²) in [7, 11) is 0. The average Bonchev–Trinajstić information content (AvgIpc) is 3.25. The lowest BCUT2D eigenvalue weighted by Gasteiger charge is -2.05. The van der Waals surface area contributed by atoms with E-state index in [-0.39, 0.29) is 24.0 Å². The molecular weight excluding hydrogens is 377 g/mol. The van der Waals surface area contributed by atoms with Gasteiger partial charge in [0, 0.05) is 26.3 Å². The maximum absolute atomic E-state index is 5.85. The van der Waals surface area contributed by atoms with Gasteiger partial charge < -0.3 is 15.8 Å². The molecule has 1 saturated carbocycles. The van der Waals surface area contributed by atoms with Gasteiger partial charge in [-0.2, -0.15) is 0 Å². The number of nitrogens with one attached hydrogen (secondary N) is 1. The van der Waals surface area contributed by atoms with Crippen molar-refractivity contribution in [2.75, 3.05) is 26.3 Å². The highest BCUT2D eigenvalue weighted by Gasteiger charge is 2.37. The minimum atomic E-state index is 0. The van der Waals surface area contributed by atoms with Crippen LogP contribution in [0, 0.1) is 5.92 Å². The first-order valence-corrected chi connectivity index (χ1v) is 7.47. The fraction of sp³-hybridized carbons (Fsp3) is 0.562. The second-order valence-corrected chi connectivity index (χ2v) is 5.22. The quantitative estimate of drug-likeness (QED) is 0.304. The highest BCUT2D eigenvalue weighted by molar-refractivity contribution is 14.0. The summed E-state index contributed by atoms with van der Waals surface area (Å²) >= 11 is 0. The second-order valence-electron chi connectivity index (χ2n) is 5.22. The summed E-state index contributed by atoms with van der Waals surface area (Å²) < 4.78 is 5.27. The van der Waals surface area contributed by atoms with E-state index in [0.717, 1.165) is 32.7 Å². The number of benzene rings is 1. The number of hydrogen-bond donors (Lipinski definition) is 2. The van der Waals surface area contributed by atoms with Gasteiger partial charge in [0.1, 0.15) is 0 Å². The predicted octanol–water partition coefficient (Wildman–Crippen LogP) is 2.74. The summed E-state index contributed by atoms with van der Waals surface area (Å²) in [5.41, 5.74) is 7.27. The van der Waals surface area contributed by atoms with Crippen molar-refractivity contribution < 1.29 is 4.74 Å². The molecule has 0 saturated heterocycles. The van der Waals surface area contributed by atoms with Gasteiger partial charge >= 0.3 is 0 Å². The molecule has 2 unspecified atom stereocenters. The molecule has 0 spiro atoms. The van der Waals surface area contributed by atoms with Crippen LogP contribution >= 0.6 is 24.0 Å². The Kier molecular flexibility index (Phi) is 8.68. The van der Waals surface area contributed by atoms with Gasteiger partial charge in [-0.05, 0) is 37.2 Å². The van der Waals surface area contributed by atoms with E-state index in [1.807, 2.05) is 6.92 Å². The molecule has 0 aliphatic heterocycles. The molecule has 0 heterocycles. The molecule has 118 valence electrons. The minimum Gasteiger partial charge on any atom is -0.382 e. The van der Waals surface area contributed by atoms with Crippen LogP contribution in [0.15, 0.2) is 35.3 Å². The number of nitrogens with two attached hydrogens (primary N) is 1. The predicted molar refractivity (Wildman–Crippen MR) is 98.3 cm³/mol. The third kappa shape index (κ3) is 6.65. The van der Waals surface area contributed by atoms with E-state index in [1.165, 1.54) is 12.0 Å². The fourth-order valence-electron chi connectivity index (χ4n) is 2.36. The fourth-order valence-corrected chi connectivity index (χ4v) is 2.36. The zero-order valence-electron chi connectivity index (χ0n) is 12.6. The molecule has 4 nitrogen and oxygen atoms in total. The number of hydrogen-bond acceptors (Lipinski definition) is 2. The Morgan fingerprint density at radius 2 is 2.14 bits per heavy atom. The summed E-state index contributed by atoms with van der Waals surface area (Å²) in [6.07, 6.45) is 2.19. The molecule has 2 atom stereocenters. The smallest absolute Gasteiger partial charge is 0.188 e. The maximum atomic E-state index is 5.85. The van der Waals surface area contributed by atoms with E-state index in [0.29, 0.717) is 17.8 Å². The third-order valence-corrected chi connectivity index (χ3v) is 3.62. The average molecular weight is 403 g/mol. The number of halogens is 1. The maximum Gasteiger partial charge on any atom is 0.188 e. The number of nitrogens with zero attached hydrogens (tertiary/aromatic N) is 1. The van der Waals surface area contributed by atoms with Crippen LogP contribution < -0.4 is 11.1 Å². The van der Waals surface area contributed by atoms with Gasteiger partial charge in [0.15, 0.2) is 5.96 Å². The zero-order chi connectivity index (χ0) is 14.2. The van der Waals surface area contributed by atoms with Crippen molar-refractivity contribution in [1.82, 2.24) is 5.32 Å². The van der Waals surface area contributed by atoms with Gasteiger partial charge in [-0.1, -0.05) is 30.3 Å². The standard InChI is InChI=1S/C16H25N3O.HI/c1-2-20-10-6-9-18-16(17)19-12-14-11-15(14)13-7-4-3-5-8-13;/h3-5,7-8,14-15H,2,6,9-12H2,1H3,(H3,17,18,19);1H. The Hall–Kier alpha value is -0.820. The highest BCUT2D eigenvalue weighted by atomic mass is 127. The number of guanidine groups is 1. The first-order valence-electron chi connectivity index (χ1n) is 7.47. The monoisotopic (exact) mass is 403 g/mol. The van der Waals surface area contributed by atoms with Gasteiger partial charge in [-0.3, -0.25) is 4.99 Å². The van der Waals surface area contributed by atoms with E-state index < -0.39 is 0 Å². The van der Waals surface area contributed by atoms with Gasteiger partial charge in [0.2, 0.25) is 0 Å². The van der Waals surface area contributed by atoms with Crippen LogP contribution in [0.2, 0.25) is 0 Å². The van der Waals surface area contributed by atoms with Gasteiger partial charge in [-0.15, -0.1) is 24.0 Å². The molecule has 0 bridgehead atoms. The summed E-state index contributed by atoms with van der Waals surface area (Å²) in [6.45, 7) is 5.19. The van der Waals surface area contributed by atoms with Crippen molar-refractivity contribution in [3.05, 3.63) is 35.9 Å². The Labute approximate surface area is 144 Å². The van der Waals surface area contributed by atoms with Crippen LogP contribution in [-0.4, -0.2) is 32.3 Å². The van der Waals surface area contributed by atoms with Crippen LogP contribution in [0.3, 0.4) is 0 Å². The zero-order valence-corrected chi connectivity index (χ0v) is 15.0. The Morgan fingerprint density at radius 1 is 1.38 bits per heavy atom. The number of rotatable bonds is 8. The molecule has 5 heteroatoms. The van der Waals surface area contributed by atoms with Crippen molar-refractivity contribution in [3.63, 3.8) is 0 Å². The van der Waals surface area contributed by atoms with Crippen LogP contribution in [0.4, 0.5) is 0 Å². The van der Waals surface area contributed by atoms with Gasteiger partial charge in [0.25, 0.3) is 0 Å². The lowest BCUT2D eigenvalue weighted by Crippen LogP contribution is -2.33. The molecule has 1 aliphatic carbocycles. The molecule has 2 rings (SSSR count). The van der Waals surface area contributed by atoms with Crippen molar-refractivity contribution >= 4 is 29.9 Å². The van der Waals surface area contributed by atoms with Crippen molar-refractivity contribution in [2.45, 2.75) is 25.7 Å². The molecule has 1 fully saturated rings. The highest BCUT2D eigenvalue weighted by Crippen LogP contribution is 2.47. The van der Waals surface area contributed by atoms with Gasteiger partial charge in [-0.25, -0.2) is 0 Å². The van der Waals surface area contributed by atoms with E-state index in [2.05, 4.69) is 40.6 Å². The van der Waals surface area contributed by atoms with E-state index in [1.54, 1.807) is 0 Å². The summed E-state index contributed by atoms with van der Waals surface area (Å²) in [4.78, 5) is 4.42. The minimum absolute atomic E-state index is 0. The first-order chi connectivity index (χ1) is 9.81. The van der Waals surface area contributed by atoms with Crippen LogP contribution in [0.25, 0.3) is 0 Å². The normalized spacial score (nSPS) is 20.7. The van der Waals surface area contributed by atoms with Crippen molar-refractivity contribution in [3.8, 4) is 0 Å². The van der Waals surface area contributed by atoms with Crippen molar-refractivity contribution in [1.29, 1.82) is 0 Å². The van der Waals surface area contributed by atoms with E-state index in [4.69, 9.17) is 10.5 Å². The summed E-state index contributed by atoms with van der Waals surface area (Å²) in [6, 6.07) is 10.7. The molecule has 0 aromatic heterocycles. The number of aliphatic imine (C=N–C) groups is 1. The molecule has 1 aromatic carbocycles. The number of ether oxygens (including phenoxy) is 1. The second kappa shape index (κ2) is 10.00. The van der Waals surface area contributed by atoms with Crippen LogP contribution in [0.1, 0.15) is 31.2 Å². The summed E-state index contributed by atoms with van der Waals surface area (Å²) in [5, 5.41) is 3.13. The largest absolute Gasteiger partial charge is 0.382 e. The molecule has 3 N–H and O–H groups in total. The van der Waals surface area contributed by atoms with Gasteiger partial charge in [0.05, 0.1) is 0 Å². The molecule has 0 radical (unpaired) electrons. The topological polar surface area (TPSA) is 59.6 Å². The van der Waals surface area contributed by atoms with E-state index in [9.17, 15) is 0 Å². The lowest BCUT2D eigenvalue weighted by atomic mass is 10.1. The Bertz CT molecular complexity index is 425.